The molecule has 3 aromatic rings. The number of rotatable bonds is 6. The summed E-state index contributed by atoms with van der Waals surface area (Å²) in [6, 6.07) is 9.17. The molecule has 30 heavy (non-hydrogen) atoms. The molecule has 154 valence electrons. The predicted octanol–water partition coefficient (Wildman–Crippen LogP) is 6.09. The lowest BCUT2D eigenvalue weighted by molar-refractivity contribution is 0.365. The number of terminal acetylenes is 1. The van der Waals surface area contributed by atoms with E-state index < -0.39 is 0 Å². The van der Waals surface area contributed by atoms with Crippen molar-refractivity contribution in [1.82, 2.24) is 9.66 Å². The summed E-state index contributed by atoms with van der Waals surface area (Å²) in [5.74, 6) is 3.75. The van der Waals surface area contributed by atoms with Gasteiger partial charge in [0, 0.05) is 10.4 Å². The fourth-order valence-corrected chi connectivity index (χ4v) is 4.62. The molecular formula is C22H18Br3N3O2. The molecular weight excluding hydrogens is 578 g/mol. The Morgan fingerprint density at radius 1 is 1.27 bits per heavy atom. The molecule has 8 heteroatoms. The summed E-state index contributed by atoms with van der Waals surface area (Å²) < 4.78 is 9.18. The molecule has 1 heterocycles. The van der Waals surface area contributed by atoms with Crippen LogP contribution in [0.3, 0.4) is 0 Å². The van der Waals surface area contributed by atoms with E-state index in [1.165, 1.54) is 4.68 Å². The molecule has 0 aliphatic rings. The van der Waals surface area contributed by atoms with Crippen LogP contribution in [-0.4, -0.2) is 22.5 Å². The third kappa shape index (κ3) is 4.85. The van der Waals surface area contributed by atoms with E-state index in [1.807, 2.05) is 31.2 Å². The Bertz CT molecular complexity index is 1210. The van der Waals surface area contributed by atoms with E-state index in [0.29, 0.717) is 22.5 Å². The highest BCUT2D eigenvalue weighted by atomic mass is 79.9. The molecule has 0 N–H and O–H groups in total. The second kappa shape index (κ2) is 9.90. The standard InChI is InChI=1S/C22H18Br3N3O2/c1-4-8-30-20-17(24)9-14(10-18(20)25)12-26-28-21(13(3)5-2)27-19-7-6-15(23)11-16(19)22(28)29/h1,6-7,9-13H,5,8H2,2-3H3/t13-/m1/s1. The van der Waals surface area contributed by atoms with Crippen LogP contribution in [0.25, 0.3) is 10.9 Å². The van der Waals surface area contributed by atoms with E-state index >= 15 is 0 Å². The van der Waals surface area contributed by atoms with Gasteiger partial charge in [0.15, 0.2) is 0 Å². The predicted molar refractivity (Wildman–Crippen MR) is 132 cm³/mol. The Morgan fingerprint density at radius 3 is 2.60 bits per heavy atom. The minimum Gasteiger partial charge on any atom is -0.479 e. The van der Waals surface area contributed by atoms with E-state index in [-0.39, 0.29) is 18.1 Å². The molecule has 0 fully saturated rings. The summed E-state index contributed by atoms with van der Waals surface area (Å²) in [5, 5.41) is 4.99. The molecule has 0 amide bonds. The van der Waals surface area contributed by atoms with Crippen molar-refractivity contribution in [2.75, 3.05) is 6.61 Å². The van der Waals surface area contributed by atoms with Crippen molar-refractivity contribution in [2.45, 2.75) is 26.2 Å². The fourth-order valence-electron chi connectivity index (χ4n) is 2.81. The zero-order chi connectivity index (χ0) is 21.8. The number of hydrogen-bond acceptors (Lipinski definition) is 4. The van der Waals surface area contributed by atoms with Gasteiger partial charge in [-0.05, 0) is 74.2 Å². The van der Waals surface area contributed by atoms with Crippen molar-refractivity contribution in [3.63, 3.8) is 0 Å². The van der Waals surface area contributed by atoms with Crippen LogP contribution in [-0.2, 0) is 0 Å². The fraction of sp³-hybridized carbons (Fsp3) is 0.227. The molecule has 0 saturated carbocycles. The minimum atomic E-state index is -0.208. The van der Waals surface area contributed by atoms with Crippen LogP contribution < -0.4 is 10.3 Å². The SMILES string of the molecule is C#CCOc1c(Br)cc(C=Nn2c([C@H](C)CC)nc3ccc(Br)cc3c2=O)cc1Br. The smallest absolute Gasteiger partial charge is 0.282 e. The summed E-state index contributed by atoms with van der Waals surface area (Å²) in [6.45, 7) is 4.25. The first kappa shape index (κ1) is 22.7. The quantitative estimate of drug-likeness (QED) is 0.256. The third-order valence-corrected chi connectivity index (χ3v) is 6.20. The van der Waals surface area contributed by atoms with Gasteiger partial charge in [-0.1, -0.05) is 35.7 Å². The van der Waals surface area contributed by atoms with Gasteiger partial charge < -0.3 is 4.74 Å². The number of fused-ring (bicyclic) bond motifs is 1. The molecule has 1 aromatic heterocycles. The van der Waals surface area contributed by atoms with Crippen molar-refractivity contribution in [3.8, 4) is 18.1 Å². The van der Waals surface area contributed by atoms with Gasteiger partial charge in [0.1, 0.15) is 18.2 Å². The maximum atomic E-state index is 13.2. The van der Waals surface area contributed by atoms with Crippen molar-refractivity contribution < 1.29 is 4.74 Å². The van der Waals surface area contributed by atoms with Gasteiger partial charge in [0.05, 0.1) is 26.1 Å². The monoisotopic (exact) mass is 593 g/mol. The molecule has 5 nitrogen and oxygen atoms in total. The Kier molecular flexibility index (Phi) is 7.50. The number of nitrogens with zero attached hydrogens (tertiary/aromatic N) is 3. The van der Waals surface area contributed by atoms with E-state index in [0.717, 1.165) is 25.4 Å². The molecule has 1 atom stereocenters. The van der Waals surface area contributed by atoms with E-state index in [4.69, 9.17) is 16.1 Å². The zero-order valence-corrected chi connectivity index (χ0v) is 21.1. The van der Waals surface area contributed by atoms with Crippen LogP contribution >= 0.6 is 47.8 Å². The lowest BCUT2D eigenvalue weighted by Gasteiger charge is -2.14. The van der Waals surface area contributed by atoms with Crippen molar-refractivity contribution in [2.24, 2.45) is 5.10 Å². The topological polar surface area (TPSA) is 56.5 Å². The van der Waals surface area contributed by atoms with E-state index in [1.54, 1.807) is 12.3 Å². The molecule has 0 radical (unpaired) electrons. The van der Waals surface area contributed by atoms with Gasteiger partial charge in [-0.3, -0.25) is 4.79 Å². The maximum absolute atomic E-state index is 13.2. The second-order valence-corrected chi connectivity index (χ2v) is 9.23. The van der Waals surface area contributed by atoms with Crippen LogP contribution in [0, 0.1) is 12.3 Å². The van der Waals surface area contributed by atoms with Crippen molar-refractivity contribution in [3.05, 3.63) is 65.5 Å². The number of ether oxygens (including phenoxy) is 1. The van der Waals surface area contributed by atoms with Gasteiger partial charge in [-0.15, -0.1) is 6.42 Å². The number of halogens is 3. The summed E-state index contributed by atoms with van der Waals surface area (Å²) >= 11 is 10.4. The summed E-state index contributed by atoms with van der Waals surface area (Å²) in [4.78, 5) is 17.9. The maximum Gasteiger partial charge on any atom is 0.282 e. The van der Waals surface area contributed by atoms with Gasteiger partial charge in [0.2, 0.25) is 0 Å². The lowest BCUT2D eigenvalue weighted by Crippen LogP contribution is -2.23. The molecule has 0 spiro atoms. The number of benzene rings is 2. The van der Waals surface area contributed by atoms with Gasteiger partial charge in [0.25, 0.3) is 5.56 Å². The molecule has 2 aromatic carbocycles. The largest absolute Gasteiger partial charge is 0.479 e. The van der Waals surface area contributed by atoms with E-state index in [2.05, 4.69) is 65.7 Å². The van der Waals surface area contributed by atoms with Crippen molar-refractivity contribution in [1.29, 1.82) is 0 Å². The molecule has 0 unspecified atom stereocenters. The number of aromatic nitrogens is 2. The summed E-state index contributed by atoms with van der Waals surface area (Å²) in [7, 11) is 0. The highest BCUT2D eigenvalue weighted by Gasteiger charge is 2.16. The van der Waals surface area contributed by atoms with Gasteiger partial charge >= 0.3 is 0 Å². The Balaban J connectivity index is 2.10. The second-order valence-electron chi connectivity index (χ2n) is 6.61. The van der Waals surface area contributed by atoms with Crippen molar-refractivity contribution >= 4 is 64.9 Å². The highest BCUT2D eigenvalue weighted by molar-refractivity contribution is 9.11. The van der Waals surface area contributed by atoms with Crippen LogP contribution in [0.1, 0.15) is 37.6 Å². The third-order valence-electron chi connectivity index (χ3n) is 4.53. The van der Waals surface area contributed by atoms with Gasteiger partial charge in [-0.2, -0.15) is 9.78 Å². The Hall–Kier alpha value is -1.95. The summed E-state index contributed by atoms with van der Waals surface area (Å²) in [6.07, 6.45) is 7.72. The Morgan fingerprint density at radius 2 is 1.97 bits per heavy atom. The van der Waals surface area contributed by atoms with Crippen LogP contribution in [0.2, 0.25) is 0 Å². The first-order chi connectivity index (χ1) is 14.3. The molecule has 0 saturated heterocycles. The average Bonchev–Trinajstić information content (AvgIpc) is 2.72. The minimum absolute atomic E-state index is 0.0703. The molecule has 3 rings (SSSR count). The van der Waals surface area contributed by atoms with Gasteiger partial charge in [-0.25, -0.2) is 4.98 Å². The molecule has 0 aliphatic carbocycles. The zero-order valence-electron chi connectivity index (χ0n) is 16.3. The molecule has 0 bridgehead atoms. The van der Waals surface area contributed by atoms with E-state index in [9.17, 15) is 4.79 Å². The normalized spacial score (nSPS) is 12.3. The molecule has 0 aliphatic heterocycles. The highest BCUT2D eigenvalue weighted by Crippen LogP contribution is 2.34. The first-order valence-electron chi connectivity index (χ1n) is 9.17. The Labute approximate surface area is 199 Å². The van der Waals surface area contributed by atoms with Crippen LogP contribution in [0.4, 0.5) is 0 Å². The van der Waals surface area contributed by atoms with Crippen LogP contribution in [0.15, 0.2) is 53.6 Å². The lowest BCUT2D eigenvalue weighted by atomic mass is 10.1. The first-order valence-corrected chi connectivity index (χ1v) is 11.6. The summed E-state index contributed by atoms with van der Waals surface area (Å²) in [5.41, 5.74) is 1.23. The average molecular weight is 596 g/mol. The van der Waals surface area contributed by atoms with Crippen LogP contribution in [0.5, 0.6) is 5.75 Å². The number of hydrogen-bond donors (Lipinski definition) is 0.